The van der Waals surface area contributed by atoms with Gasteiger partial charge in [-0.15, -0.1) is 24.0 Å². The highest BCUT2D eigenvalue weighted by Gasteiger charge is 2.26. The number of carbonyl (C=O) groups is 1. The molecule has 0 unspecified atom stereocenters. The highest BCUT2D eigenvalue weighted by Crippen LogP contribution is 2.16. The number of para-hydroxylation sites is 2. The molecule has 0 aliphatic heterocycles. The molecule has 0 saturated carbocycles. The second-order valence-corrected chi connectivity index (χ2v) is 7.52. The Morgan fingerprint density at radius 2 is 1.83 bits per heavy atom. The largest absolute Gasteiger partial charge is 0.357 e. The number of aromatic nitrogens is 2. The van der Waals surface area contributed by atoms with Crippen molar-refractivity contribution in [2.75, 3.05) is 26.2 Å². The van der Waals surface area contributed by atoms with Crippen LogP contribution in [-0.4, -0.2) is 47.6 Å². The fourth-order valence-corrected chi connectivity index (χ4v) is 3.01. The van der Waals surface area contributed by atoms with E-state index in [0.717, 1.165) is 43.4 Å². The number of benzene rings is 1. The molecule has 0 fully saturated rings. The number of rotatable bonds is 9. The Labute approximate surface area is 191 Å². The number of hydrogen-bond donors (Lipinski definition) is 3. The maximum atomic E-state index is 12.1. The van der Waals surface area contributed by atoms with E-state index in [1.165, 1.54) is 5.52 Å². The number of guanidine groups is 1. The van der Waals surface area contributed by atoms with Crippen LogP contribution in [0.1, 0.15) is 39.9 Å². The predicted molar refractivity (Wildman–Crippen MR) is 131 cm³/mol. The molecule has 1 amide bonds. The van der Waals surface area contributed by atoms with Gasteiger partial charge in [-0.2, -0.15) is 0 Å². The van der Waals surface area contributed by atoms with Gasteiger partial charge in [0.2, 0.25) is 5.91 Å². The second-order valence-electron chi connectivity index (χ2n) is 7.52. The number of nitrogens with one attached hydrogen (secondary N) is 3. The number of carbonyl (C=O) groups excluding carboxylic acids is 1. The van der Waals surface area contributed by atoms with Crippen molar-refractivity contribution in [3.8, 4) is 0 Å². The van der Waals surface area contributed by atoms with Crippen molar-refractivity contribution in [2.45, 2.75) is 47.6 Å². The molecule has 7 nitrogen and oxygen atoms in total. The Morgan fingerprint density at radius 1 is 1.14 bits per heavy atom. The minimum atomic E-state index is -0.537. The normalized spacial score (nSPS) is 11.8. The van der Waals surface area contributed by atoms with Crippen LogP contribution in [0.4, 0.5) is 0 Å². The Hall–Kier alpha value is -1.84. The van der Waals surface area contributed by atoms with Gasteiger partial charge in [-0.1, -0.05) is 12.1 Å². The maximum absolute atomic E-state index is 12.1. The van der Waals surface area contributed by atoms with Gasteiger partial charge in [0.25, 0.3) is 0 Å². The third kappa shape index (κ3) is 7.17. The summed E-state index contributed by atoms with van der Waals surface area (Å²) in [7, 11) is 0. The first-order chi connectivity index (χ1) is 13.4. The molecule has 0 bridgehead atoms. The van der Waals surface area contributed by atoms with E-state index in [1.54, 1.807) is 0 Å². The zero-order valence-electron chi connectivity index (χ0n) is 18.2. The van der Waals surface area contributed by atoms with Crippen molar-refractivity contribution in [1.29, 1.82) is 0 Å². The predicted octanol–water partition coefficient (Wildman–Crippen LogP) is 3.07. The summed E-state index contributed by atoms with van der Waals surface area (Å²) in [5.41, 5.74) is 1.67. The van der Waals surface area contributed by atoms with Crippen LogP contribution in [0.5, 0.6) is 0 Å². The van der Waals surface area contributed by atoms with Gasteiger partial charge in [-0.25, -0.2) is 4.98 Å². The Bertz CT molecular complexity index is 815. The average Bonchev–Trinajstić information content (AvgIpc) is 2.98. The van der Waals surface area contributed by atoms with Crippen molar-refractivity contribution in [2.24, 2.45) is 10.4 Å². The number of hydrogen-bond acceptors (Lipinski definition) is 3. The molecule has 0 atom stereocenters. The van der Waals surface area contributed by atoms with Crippen LogP contribution in [0.15, 0.2) is 29.3 Å². The second kappa shape index (κ2) is 12.0. The average molecular weight is 514 g/mol. The molecule has 0 aliphatic carbocycles. The van der Waals surface area contributed by atoms with Crippen LogP contribution in [0.3, 0.4) is 0 Å². The summed E-state index contributed by atoms with van der Waals surface area (Å²) in [6.45, 7) is 13.4. The van der Waals surface area contributed by atoms with E-state index in [-0.39, 0.29) is 29.9 Å². The fourth-order valence-electron chi connectivity index (χ4n) is 3.01. The van der Waals surface area contributed by atoms with E-state index < -0.39 is 5.41 Å². The summed E-state index contributed by atoms with van der Waals surface area (Å²) in [6.07, 6.45) is 0.950. The zero-order valence-corrected chi connectivity index (χ0v) is 20.5. The Morgan fingerprint density at radius 3 is 2.52 bits per heavy atom. The van der Waals surface area contributed by atoms with Gasteiger partial charge in [-0.05, 0) is 53.2 Å². The minimum Gasteiger partial charge on any atom is -0.357 e. The number of imidazole rings is 1. The molecule has 2 aromatic rings. The Balaban J connectivity index is 0.00000420. The molecule has 1 heterocycles. The molecule has 3 N–H and O–H groups in total. The number of fused-ring (bicyclic) bond motifs is 1. The molecular weight excluding hydrogens is 479 g/mol. The molecule has 1 aromatic heterocycles. The number of aryl methyl sites for hydroxylation is 2. The quantitative estimate of drug-likeness (QED) is 0.208. The van der Waals surface area contributed by atoms with Gasteiger partial charge in [0.1, 0.15) is 5.82 Å². The monoisotopic (exact) mass is 514 g/mol. The van der Waals surface area contributed by atoms with Crippen LogP contribution >= 0.6 is 24.0 Å². The lowest BCUT2D eigenvalue weighted by atomic mass is 9.92. The van der Waals surface area contributed by atoms with Crippen LogP contribution in [0.2, 0.25) is 0 Å². The van der Waals surface area contributed by atoms with Crippen molar-refractivity contribution in [3.63, 3.8) is 0 Å². The fraction of sp³-hybridized carbons (Fsp3) is 0.571. The first-order valence-electron chi connectivity index (χ1n) is 10.1. The topological polar surface area (TPSA) is 83.3 Å². The number of amides is 1. The van der Waals surface area contributed by atoms with Crippen LogP contribution in [0.25, 0.3) is 11.0 Å². The lowest BCUT2D eigenvalue weighted by Gasteiger charge is -2.22. The highest BCUT2D eigenvalue weighted by molar-refractivity contribution is 14.0. The van der Waals surface area contributed by atoms with Crippen LogP contribution in [-0.2, 0) is 11.3 Å². The van der Waals surface area contributed by atoms with Gasteiger partial charge >= 0.3 is 0 Å². The molecule has 0 saturated heterocycles. The standard InChI is InChI=1S/C21H34N6O.HI/c1-6-22-19(28)21(4,5)15-25-20(23-7-2)24-13-10-14-27-16(3)26-17-11-8-9-12-18(17)27;/h8-9,11-12H,6-7,10,13-15H2,1-5H3,(H,22,28)(H2,23,24,25);1H. The smallest absolute Gasteiger partial charge is 0.227 e. The van der Waals surface area contributed by atoms with Gasteiger partial charge in [-0.3, -0.25) is 9.79 Å². The van der Waals surface area contributed by atoms with E-state index in [9.17, 15) is 4.79 Å². The number of nitrogens with zero attached hydrogens (tertiary/aromatic N) is 3. The van der Waals surface area contributed by atoms with Crippen molar-refractivity contribution < 1.29 is 4.79 Å². The van der Waals surface area contributed by atoms with E-state index in [0.29, 0.717) is 13.1 Å². The highest BCUT2D eigenvalue weighted by atomic mass is 127. The van der Waals surface area contributed by atoms with Gasteiger partial charge in [0, 0.05) is 26.2 Å². The summed E-state index contributed by atoms with van der Waals surface area (Å²) in [4.78, 5) is 21.4. The molecule has 162 valence electrons. The molecule has 0 aliphatic rings. The van der Waals surface area contributed by atoms with E-state index >= 15 is 0 Å². The molecule has 29 heavy (non-hydrogen) atoms. The summed E-state index contributed by atoms with van der Waals surface area (Å²) in [5.74, 6) is 1.80. The molecular formula is C21H35IN6O. The molecule has 0 spiro atoms. The van der Waals surface area contributed by atoms with E-state index in [1.807, 2.05) is 52.8 Å². The van der Waals surface area contributed by atoms with E-state index in [4.69, 9.17) is 0 Å². The summed E-state index contributed by atoms with van der Waals surface area (Å²) >= 11 is 0. The summed E-state index contributed by atoms with van der Waals surface area (Å²) in [6, 6.07) is 8.22. The number of aliphatic imine (C=N–C) groups is 1. The first-order valence-corrected chi connectivity index (χ1v) is 10.1. The van der Waals surface area contributed by atoms with Gasteiger partial charge in [0.15, 0.2) is 5.96 Å². The van der Waals surface area contributed by atoms with Crippen LogP contribution < -0.4 is 16.0 Å². The zero-order chi connectivity index (χ0) is 20.6. The molecule has 2 rings (SSSR count). The van der Waals surface area contributed by atoms with E-state index in [2.05, 4.69) is 36.6 Å². The van der Waals surface area contributed by atoms with Crippen molar-refractivity contribution in [1.82, 2.24) is 25.5 Å². The van der Waals surface area contributed by atoms with Crippen molar-refractivity contribution >= 4 is 46.9 Å². The SMILES string of the molecule is CCNC(=O)C(C)(C)CN=C(NCC)NCCCn1c(C)nc2ccccc21.I. The minimum absolute atomic E-state index is 0. The molecule has 8 heteroatoms. The summed E-state index contributed by atoms with van der Waals surface area (Å²) in [5, 5.41) is 9.49. The maximum Gasteiger partial charge on any atom is 0.227 e. The summed E-state index contributed by atoms with van der Waals surface area (Å²) < 4.78 is 2.25. The van der Waals surface area contributed by atoms with Gasteiger partial charge < -0.3 is 20.5 Å². The van der Waals surface area contributed by atoms with Crippen molar-refractivity contribution in [3.05, 3.63) is 30.1 Å². The van der Waals surface area contributed by atoms with Crippen LogP contribution in [0, 0.1) is 12.3 Å². The lowest BCUT2D eigenvalue weighted by Crippen LogP contribution is -2.42. The third-order valence-electron chi connectivity index (χ3n) is 4.63. The van der Waals surface area contributed by atoms with Gasteiger partial charge in [0.05, 0.1) is 23.0 Å². The Kier molecular flexibility index (Phi) is 10.4. The first kappa shape index (κ1) is 25.2. The number of halogens is 1. The molecule has 0 radical (unpaired) electrons. The molecule has 1 aromatic carbocycles. The third-order valence-corrected chi connectivity index (χ3v) is 4.63. The lowest BCUT2D eigenvalue weighted by molar-refractivity contribution is -0.128.